The van der Waals surface area contributed by atoms with E-state index in [4.69, 9.17) is 26.1 Å². The predicted molar refractivity (Wildman–Crippen MR) is 157 cm³/mol. The normalized spacial score (nSPS) is 17.2. The van der Waals surface area contributed by atoms with Gasteiger partial charge in [0.2, 0.25) is 5.88 Å². The third-order valence-corrected chi connectivity index (χ3v) is 7.96. The van der Waals surface area contributed by atoms with Gasteiger partial charge in [0.25, 0.3) is 18.2 Å². The molecular weight excluding hydrogens is 580 g/mol. The molecule has 4 aromatic rings. The van der Waals surface area contributed by atoms with Crippen LogP contribution in [0.4, 0.5) is 20.2 Å². The predicted octanol–water partition coefficient (Wildman–Crippen LogP) is 6.30. The van der Waals surface area contributed by atoms with Crippen LogP contribution in [0.25, 0.3) is 11.4 Å². The molecule has 0 saturated carbocycles. The number of amides is 2. The summed E-state index contributed by atoms with van der Waals surface area (Å²) >= 11 is 6.42. The minimum absolute atomic E-state index is 0.0503. The van der Waals surface area contributed by atoms with Gasteiger partial charge in [-0.25, -0.2) is 18.7 Å². The van der Waals surface area contributed by atoms with Crippen LogP contribution in [0.5, 0.6) is 11.6 Å². The number of ether oxygens (including phenoxy) is 2. The number of nitrogens with one attached hydrogen (secondary N) is 1. The molecule has 12 heteroatoms. The zero-order valence-electron chi connectivity index (χ0n) is 24.0. The van der Waals surface area contributed by atoms with Crippen LogP contribution in [0, 0.1) is 13.8 Å². The van der Waals surface area contributed by atoms with E-state index in [1.807, 2.05) is 50.5 Å². The lowest BCUT2D eigenvalue weighted by atomic mass is 9.86. The summed E-state index contributed by atoms with van der Waals surface area (Å²) in [6.45, 7) is 6.78. The molecule has 1 atom stereocenters. The summed E-state index contributed by atoms with van der Waals surface area (Å²) < 4.78 is 38.0. The number of anilines is 2. The highest BCUT2D eigenvalue weighted by molar-refractivity contribution is 6.31. The van der Waals surface area contributed by atoms with E-state index in [0.717, 1.165) is 11.1 Å². The van der Waals surface area contributed by atoms with Crippen molar-refractivity contribution in [3.8, 4) is 23.0 Å². The average Bonchev–Trinajstić information content (AvgIpc) is 3.57. The molecule has 9 nitrogen and oxygen atoms in total. The number of imidazole rings is 1. The fraction of sp³-hybridized carbons (Fsp3) is 0.290. The van der Waals surface area contributed by atoms with Crippen molar-refractivity contribution in [1.82, 2.24) is 14.5 Å². The maximum Gasteiger partial charge on any atom is 0.280 e. The lowest BCUT2D eigenvalue weighted by Crippen LogP contribution is -2.51. The smallest absolute Gasteiger partial charge is 0.280 e. The van der Waals surface area contributed by atoms with E-state index in [2.05, 4.69) is 10.3 Å². The molecule has 43 heavy (non-hydrogen) atoms. The van der Waals surface area contributed by atoms with Gasteiger partial charge in [-0.1, -0.05) is 29.8 Å². The van der Waals surface area contributed by atoms with Crippen LogP contribution in [0.15, 0.2) is 48.7 Å². The summed E-state index contributed by atoms with van der Waals surface area (Å²) in [5.41, 5.74) is 2.63. The maximum absolute atomic E-state index is 14.5. The highest BCUT2D eigenvalue weighted by atomic mass is 35.5. The summed E-state index contributed by atoms with van der Waals surface area (Å²) in [6.07, 6.45) is -1.27. The number of carbonyl (C=O) groups is 2. The fourth-order valence-corrected chi connectivity index (χ4v) is 6.12. The average molecular weight is 608 g/mol. The molecule has 0 bridgehead atoms. The van der Waals surface area contributed by atoms with Crippen LogP contribution in [0.3, 0.4) is 0 Å². The summed E-state index contributed by atoms with van der Waals surface area (Å²) in [5, 5.41) is 3.42. The number of nitrogens with zero attached hydrogens (tertiary/aromatic N) is 4. The third kappa shape index (κ3) is 4.24. The van der Waals surface area contributed by atoms with Crippen LogP contribution >= 0.6 is 11.6 Å². The largest absolute Gasteiger partial charge is 0.496 e. The van der Waals surface area contributed by atoms with E-state index in [0.29, 0.717) is 39.0 Å². The monoisotopic (exact) mass is 607 g/mol. The number of methoxy groups -OCH3 is 1. The van der Waals surface area contributed by atoms with E-state index in [9.17, 15) is 18.4 Å². The first-order valence-electron chi connectivity index (χ1n) is 13.6. The number of carbonyl (C=O) groups excluding carboxylic acids is 2. The second kappa shape index (κ2) is 10.3. The molecule has 1 unspecified atom stereocenters. The van der Waals surface area contributed by atoms with Gasteiger partial charge in [-0.05, 0) is 57.0 Å². The molecular formula is C31H28ClF2N5O4. The zero-order chi connectivity index (χ0) is 30.8. The number of halogens is 3. The van der Waals surface area contributed by atoms with Crippen LogP contribution in [-0.2, 0) is 10.3 Å². The Bertz CT molecular complexity index is 1810. The number of fused-ring (bicyclic) bond motifs is 4. The van der Waals surface area contributed by atoms with E-state index < -0.39 is 30.4 Å². The fourth-order valence-electron chi connectivity index (χ4n) is 5.95. The summed E-state index contributed by atoms with van der Waals surface area (Å²) in [6, 6.07) is 11.9. The van der Waals surface area contributed by atoms with Crippen LogP contribution < -0.4 is 19.7 Å². The molecule has 0 fully saturated rings. The van der Waals surface area contributed by atoms with Crippen molar-refractivity contribution >= 4 is 34.8 Å². The second-order valence-electron chi connectivity index (χ2n) is 10.8. The first-order chi connectivity index (χ1) is 20.5. The van der Waals surface area contributed by atoms with Gasteiger partial charge in [-0.2, -0.15) is 0 Å². The van der Waals surface area contributed by atoms with Crippen molar-refractivity contribution in [3.63, 3.8) is 0 Å². The van der Waals surface area contributed by atoms with Crippen molar-refractivity contribution in [3.05, 3.63) is 81.8 Å². The minimum Gasteiger partial charge on any atom is -0.496 e. The number of hydrogen-bond donors (Lipinski definition) is 1. The molecule has 4 heterocycles. The summed E-state index contributed by atoms with van der Waals surface area (Å²) in [7, 11) is 1.42. The number of aromatic nitrogens is 3. The Hall–Kier alpha value is -4.51. The molecule has 1 spiro atoms. The highest BCUT2D eigenvalue weighted by Crippen LogP contribution is 2.55. The van der Waals surface area contributed by atoms with Crippen molar-refractivity contribution < 1.29 is 27.8 Å². The van der Waals surface area contributed by atoms with Crippen LogP contribution in [-0.4, -0.2) is 46.5 Å². The molecule has 2 aliphatic rings. The number of aryl methyl sites for hydroxylation is 2. The van der Waals surface area contributed by atoms with Crippen molar-refractivity contribution in [2.75, 3.05) is 23.9 Å². The minimum atomic E-state index is -2.67. The quantitative estimate of drug-likeness (QED) is 0.265. The third-order valence-electron chi connectivity index (χ3n) is 7.72. The number of hydrogen-bond acceptors (Lipinski definition) is 6. The van der Waals surface area contributed by atoms with Gasteiger partial charge >= 0.3 is 0 Å². The van der Waals surface area contributed by atoms with Gasteiger partial charge in [0.05, 0.1) is 24.1 Å². The van der Waals surface area contributed by atoms with Gasteiger partial charge in [0.1, 0.15) is 11.6 Å². The first kappa shape index (κ1) is 28.6. The highest BCUT2D eigenvalue weighted by Gasteiger charge is 2.64. The van der Waals surface area contributed by atoms with Crippen LogP contribution in [0.2, 0.25) is 5.02 Å². The Morgan fingerprint density at radius 2 is 1.86 bits per heavy atom. The second-order valence-corrected chi connectivity index (χ2v) is 11.2. The van der Waals surface area contributed by atoms with Crippen molar-refractivity contribution in [2.24, 2.45) is 0 Å². The first-order valence-corrected chi connectivity index (χ1v) is 14.0. The molecule has 0 aliphatic carbocycles. The summed E-state index contributed by atoms with van der Waals surface area (Å²) in [5.74, 6) is -0.359. The topological polar surface area (TPSA) is 98.6 Å². The van der Waals surface area contributed by atoms with Gasteiger partial charge in [0.15, 0.2) is 17.8 Å². The van der Waals surface area contributed by atoms with Crippen molar-refractivity contribution in [2.45, 2.75) is 45.7 Å². The molecule has 0 radical (unpaired) electrons. The Morgan fingerprint density at radius 1 is 1.09 bits per heavy atom. The molecule has 222 valence electrons. The Kier molecular flexibility index (Phi) is 6.88. The van der Waals surface area contributed by atoms with E-state index >= 15 is 0 Å². The SMILES string of the molecule is COc1cc(OCC(F)F)ncc1-c1nc2c(n1C(C)C)C1(C(=O)Nc3cc(C)ccc31)N(c1cc(Cl)ccc1C)C2=O. The van der Waals surface area contributed by atoms with Crippen molar-refractivity contribution in [1.29, 1.82) is 0 Å². The van der Waals surface area contributed by atoms with E-state index in [1.54, 1.807) is 18.2 Å². The van der Waals surface area contributed by atoms with E-state index in [1.165, 1.54) is 24.3 Å². The zero-order valence-corrected chi connectivity index (χ0v) is 24.8. The molecule has 2 aromatic heterocycles. The lowest BCUT2D eigenvalue weighted by Gasteiger charge is -2.36. The van der Waals surface area contributed by atoms with Gasteiger partial charge in [-0.3, -0.25) is 14.5 Å². The number of pyridine rings is 1. The van der Waals surface area contributed by atoms with Crippen LogP contribution in [0.1, 0.15) is 52.8 Å². The van der Waals surface area contributed by atoms with Gasteiger partial charge < -0.3 is 19.4 Å². The molecule has 6 rings (SSSR count). The summed E-state index contributed by atoms with van der Waals surface area (Å²) in [4.78, 5) is 39.4. The maximum atomic E-state index is 14.5. The molecule has 0 saturated heterocycles. The molecule has 2 amide bonds. The molecule has 2 aliphatic heterocycles. The number of alkyl halides is 2. The Balaban J connectivity index is 1.65. The lowest BCUT2D eigenvalue weighted by molar-refractivity contribution is -0.119. The molecule has 2 aromatic carbocycles. The number of rotatable bonds is 7. The Labute approximate surface area is 251 Å². The van der Waals surface area contributed by atoms with Gasteiger partial charge in [-0.15, -0.1) is 0 Å². The standard InChI is InChI=1S/C31H28ClF2N5O4/c1-15(2)38-27-26(37-28(38)19-13-35-25(12-23(19)42-5)43-14-24(33)34)29(40)39(22-11-18(32)8-7-17(22)4)31(27)20-9-6-16(3)10-21(20)36-30(31)41/h6-13,15,24H,14H2,1-5H3,(H,36,41). The van der Waals surface area contributed by atoms with Gasteiger partial charge in [0, 0.05) is 34.6 Å². The van der Waals surface area contributed by atoms with E-state index in [-0.39, 0.29) is 23.4 Å². The number of benzene rings is 2. The molecule has 1 N–H and O–H groups in total. The Morgan fingerprint density at radius 3 is 2.56 bits per heavy atom.